The predicted octanol–water partition coefficient (Wildman–Crippen LogP) is 3.12. The van der Waals surface area contributed by atoms with E-state index in [0.717, 1.165) is 28.7 Å². The lowest BCUT2D eigenvalue weighted by molar-refractivity contribution is 0.0745. The van der Waals surface area contributed by atoms with E-state index >= 15 is 0 Å². The van der Waals surface area contributed by atoms with Gasteiger partial charge in [-0.1, -0.05) is 30.3 Å². The molecule has 0 bridgehead atoms. The Morgan fingerprint density at radius 3 is 2.85 bits per heavy atom. The van der Waals surface area contributed by atoms with Crippen LogP contribution in [0.5, 0.6) is 5.75 Å². The number of amides is 1. The first-order valence-corrected chi connectivity index (χ1v) is 7.89. The Kier molecular flexibility index (Phi) is 3.57. The lowest BCUT2D eigenvalue weighted by Crippen LogP contribution is -2.37. The Bertz CT molecular complexity index is 650. The van der Waals surface area contributed by atoms with E-state index in [4.69, 9.17) is 0 Å². The van der Waals surface area contributed by atoms with Crippen molar-refractivity contribution in [3.8, 4) is 5.75 Å². The highest BCUT2D eigenvalue weighted by Gasteiger charge is 2.26. The number of carbonyl (C=O) groups is 1. The van der Waals surface area contributed by atoms with Gasteiger partial charge in [-0.2, -0.15) is 11.8 Å². The lowest BCUT2D eigenvalue weighted by Gasteiger charge is -2.24. The van der Waals surface area contributed by atoms with Crippen LogP contribution in [0.3, 0.4) is 0 Å². The van der Waals surface area contributed by atoms with Gasteiger partial charge in [0.1, 0.15) is 5.75 Å². The molecular formula is C16H17NO2S. The largest absolute Gasteiger partial charge is 0.506 e. The zero-order valence-electron chi connectivity index (χ0n) is 11.4. The Morgan fingerprint density at radius 2 is 2.10 bits per heavy atom. The standard InChI is InChI=1S/C16H17NO2S/c1-17(12-8-9-20-10-12)16(19)14-7-6-11-4-2-3-5-13(11)15(14)18/h2-7,12,18H,8-10H2,1H3. The zero-order chi connectivity index (χ0) is 14.1. The first-order valence-electron chi connectivity index (χ1n) is 6.74. The average molecular weight is 287 g/mol. The van der Waals surface area contributed by atoms with Crippen molar-refractivity contribution in [2.24, 2.45) is 0 Å². The maximum Gasteiger partial charge on any atom is 0.257 e. The molecule has 3 nitrogen and oxygen atoms in total. The number of rotatable bonds is 2. The Morgan fingerprint density at radius 1 is 1.30 bits per heavy atom. The number of fused-ring (bicyclic) bond motifs is 1. The van der Waals surface area contributed by atoms with E-state index in [1.165, 1.54) is 0 Å². The second-order valence-corrected chi connectivity index (χ2v) is 6.27. The predicted molar refractivity (Wildman–Crippen MR) is 83.4 cm³/mol. The Labute approximate surface area is 122 Å². The fourth-order valence-electron chi connectivity index (χ4n) is 2.61. The van der Waals surface area contributed by atoms with Gasteiger partial charge < -0.3 is 10.0 Å². The summed E-state index contributed by atoms with van der Waals surface area (Å²) in [6.07, 6.45) is 1.03. The lowest BCUT2D eigenvalue weighted by atomic mass is 10.0. The van der Waals surface area contributed by atoms with Crippen LogP contribution in [0.1, 0.15) is 16.8 Å². The van der Waals surface area contributed by atoms with Gasteiger partial charge >= 0.3 is 0 Å². The molecule has 3 rings (SSSR count). The number of hydrogen-bond donors (Lipinski definition) is 1. The van der Waals surface area contributed by atoms with Crippen LogP contribution in [-0.2, 0) is 0 Å². The fraction of sp³-hybridized carbons (Fsp3) is 0.312. The molecule has 0 aromatic heterocycles. The van der Waals surface area contributed by atoms with Crippen molar-refractivity contribution in [3.63, 3.8) is 0 Å². The van der Waals surface area contributed by atoms with Crippen LogP contribution in [0.4, 0.5) is 0 Å². The molecule has 1 heterocycles. The van der Waals surface area contributed by atoms with Crippen LogP contribution in [0.15, 0.2) is 36.4 Å². The normalized spacial score (nSPS) is 18.4. The van der Waals surface area contributed by atoms with Crippen molar-refractivity contribution < 1.29 is 9.90 Å². The van der Waals surface area contributed by atoms with Gasteiger partial charge in [0.05, 0.1) is 5.56 Å². The van der Waals surface area contributed by atoms with Gasteiger partial charge in [-0.05, 0) is 23.6 Å². The molecule has 20 heavy (non-hydrogen) atoms. The van der Waals surface area contributed by atoms with E-state index in [9.17, 15) is 9.90 Å². The first-order chi connectivity index (χ1) is 9.68. The van der Waals surface area contributed by atoms with Crippen LogP contribution in [0.25, 0.3) is 10.8 Å². The zero-order valence-corrected chi connectivity index (χ0v) is 12.2. The quantitative estimate of drug-likeness (QED) is 0.922. The van der Waals surface area contributed by atoms with E-state index in [0.29, 0.717) is 5.56 Å². The summed E-state index contributed by atoms with van der Waals surface area (Å²) < 4.78 is 0. The van der Waals surface area contributed by atoms with Crippen molar-refractivity contribution in [1.29, 1.82) is 0 Å². The van der Waals surface area contributed by atoms with Crippen molar-refractivity contribution in [3.05, 3.63) is 42.0 Å². The number of aromatic hydroxyl groups is 1. The maximum absolute atomic E-state index is 12.6. The molecule has 2 aromatic carbocycles. The number of phenolic OH excluding ortho intramolecular Hbond substituents is 1. The molecule has 1 aliphatic heterocycles. The molecule has 1 atom stereocenters. The van der Waals surface area contributed by atoms with Crippen LogP contribution in [0.2, 0.25) is 0 Å². The van der Waals surface area contributed by atoms with Gasteiger partial charge in [0.15, 0.2) is 0 Å². The number of hydrogen-bond acceptors (Lipinski definition) is 3. The number of carbonyl (C=O) groups excluding carboxylic acids is 1. The second-order valence-electron chi connectivity index (χ2n) is 5.12. The number of phenols is 1. The van der Waals surface area contributed by atoms with Crippen LogP contribution in [-0.4, -0.2) is 40.5 Å². The Hall–Kier alpha value is -1.68. The minimum atomic E-state index is -0.0965. The molecule has 2 aromatic rings. The van der Waals surface area contributed by atoms with E-state index in [1.807, 2.05) is 49.1 Å². The molecule has 1 N–H and O–H groups in total. The molecular weight excluding hydrogens is 270 g/mol. The second kappa shape index (κ2) is 5.37. The SMILES string of the molecule is CN(C(=O)c1ccc2ccccc2c1O)C1CCSC1. The summed E-state index contributed by atoms with van der Waals surface area (Å²) >= 11 is 1.87. The van der Waals surface area contributed by atoms with Gasteiger partial charge in [0.2, 0.25) is 0 Å². The molecule has 1 saturated heterocycles. The highest BCUT2D eigenvalue weighted by atomic mass is 32.2. The molecule has 0 radical (unpaired) electrons. The van der Waals surface area contributed by atoms with Crippen molar-refractivity contribution in [1.82, 2.24) is 4.90 Å². The van der Waals surface area contributed by atoms with Gasteiger partial charge in [-0.3, -0.25) is 4.79 Å². The van der Waals surface area contributed by atoms with Crippen LogP contribution < -0.4 is 0 Å². The third-order valence-corrected chi connectivity index (χ3v) is 5.05. The van der Waals surface area contributed by atoms with E-state index < -0.39 is 0 Å². The maximum atomic E-state index is 12.6. The summed E-state index contributed by atoms with van der Waals surface area (Å²) in [5, 5.41) is 12.0. The molecule has 0 saturated carbocycles. The molecule has 1 aliphatic rings. The summed E-state index contributed by atoms with van der Waals surface area (Å²) in [5.41, 5.74) is 0.392. The minimum absolute atomic E-state index is 0.0885. The summed E-state index contributed by atoms with van der Waals surface area (Å²) in [5.74, 6) is 2.08. The molecule has 1 amide bonds. The summed E-state index contributed by atoms with van der Waals surface area (Å²) in [7, 11) is 1.83. The van der Waals surface area contributed by atoms with Crippen LogP contribution >= 0.6 is 11.8 Å². The third-order valence-electron chi connectivity index (χ3n) is 3.90. The van der Waals surface area contributed by atoms with Crippen molar-refractivity contribution in [2.45, 2.75) is 12.5 Å². The molecule has 0 spiro atoms. The first kappa shape index (κ1) is 13.3. The Balaban J connectivity index is 1.97. The van der Waals surface area contributed by atoms with E-state index in [1.54, 1.807) is 11.0 Å². The van der Waals surface area contributed by atoms with Crippen LogP contribution in [0, 0.1) is 0 Å². The monoisotopic (exact) mass is 287 g/mol. The van der Waals surface area contributed by atoms with Crippen molar-refractivity contribution >= 4 is 28.4 Å². The summed E-state index contributed by atoms with van der Waals surface area (Å²) in [6.45, 7) is 0. The molecule has 104 valence electrons. The van der Waals surface area contributed by atoms with Gasteiger partial charge in [0, 0.05) is 24.2 Å². The topological polar surface area (TPSA) is 40.5 Å². The number of nitrogens with zero attached hydrogens (tertiary/aromatic N) is 1. The van der Waals surface area contributed by atoms with E-state index in [-0.39, 0.29) is 17.7 Å². The number of benzene rings is 2. The van der Waals surface area contributed by atoms with Gasteiger partial charge in [0.25, 0.3) is 5.91 Å². The molecule has 1 fully saturated rings. The van der Waals surface area contributed by atoms with Gasteiger partial charge in [-0.25, -0.2) is 0 Å². The fourth-order valence-corrected chi connectivity index (χ4v) is 3.88. The molecule has 4 heteroatoms. The third kappa shape index (κ3) is 2.24. The van der Waals surface area contributed by atoms with Crippen molar-refractivity contribution in [2.75, 3.05) is 18.6 Å². The smallest absolute Gasteiger partial charge is 0.257 e. The molecule has 1 unspecified atom stereocenters. The minimum Gasteiger partial charge on any atom is -0.506 e. The van der Waals surface area contributed by atoms with Gasteiger partial charge in [-0.15, -0.1) is 0 Å². The summed E-state index contributed by atoms with van der Waals surface area (Å²) in [6, 6.07) is 11.4. The molecule has 0 aliphatic carbocycles. The van der Waals surface area contributed by atoms with E-state index in [2.05, 4.69) is 0 Å². The number of thioether (sulfide) groups is 1. The highest BCUT2D eigenvalue weighted by Crippen LogP contribution is 2.30. The highest BCUT2D eigenvalue weighted by molar-refractivity contribution is 7.99. The average Bonchev–Trinajstić information content (AvgIpc) is 3.01. The summed E-state index contributed by atoms with van der Waals surface area (Å²) in [4.78, 5) is 14.3.